The van der Waals surface area contributed by atoms with Crippen molar-refractivity contribution in [2.75, 3.05) is 33.4 Å². The van der Waals surface area contributed by atoms with E-state index in [1.54, 1.807) is 7.11 Å². The highest BCUT2D eigenvalue weighted by atomic mass is 16.5. The van der Waals surface area contributed by atoms with E-state index in [1.807, 2.05) is 4.90 Å². The van der Waals surface area contributed by atoms with Gasteiger partial charge in [-0.2, -0.15) is 0 Å². The Morgan fingerprint density at radius 1 is 1.25 bits per heavy atom. The maximum absolute atomic E-state index is 12.6. The van der Waals surface area contributed by atoms with Crippen LogP contribution in [-0.4, -0.2) is 44.2 Å². The van der Waals surface area contributed by atoms with Crippen LogP contribution in [0.1, 0.15) is 58.3 Å². The van der Waals surface area contributed by atoms with Gasteiger partial charge in [-0.3, -0.25) is 4.79 Å². The second kappa shape index (κ2) is 9.35. The van der Waals surface area contributed by atoms with Crippen molar-refractivity contribution < 1.29 is 9.53 Å². The van der Waals surface area contributed by atoms with E-state index in [1.165, 1.54) is 19.3 Å². The summed E-state index contributed by atoms with van der Waals surface area (Å²) >= 11 is 0. The van der Waals surface area contributed by atoms with Crippen molar-refractivity contribution >= 4 is 5.91 Å². The number of unbranched alkanes of at least 4 members (excludes halogenated alkanes) is 1. The van der Waals surface area contributed by atoms with E-state index in [0.717, 1.165) is 32.2 Å². The molecule has 0 heterocycles. The molecule has 1 fully saturated rings. The van der Waals surface area contributed by atoms with Crippen LogP contribution in [0.3, 0.4) is 0 Å². The van der Waals surface area contributed by atoms with Crippen molar-refractivity contribution in [3.63, 3.8) is 0 Å². The SMILES string of the molecule is CCCCN(CCOC)C(=O)CC1(CN)CCCCC1. The Kier molecular flexibility index (Phi) is 8.15. The third-order valence-electron chi connectivity index (χ3n) is 4.57. The number of hydrogen-bond donors (Lipinski definition) is 1. The molecule has 2 N–H and O–H groups in total. The molecule has 0 radical (unpaired) electrons. The quantitative estimate of drug-likeness (QED) is 0.708. The highest BCUT2D eigenvalue weighted by molar-refractivity contribution is 5.77. The molecular formula is C16H32N2O2. The zero-order valence-electron chi connectivity index (χ0n) is 13.3. The second-order valence-electron chi connectivity index (χ2n) is 6.17. The van der Waals surface area contributed by atoms with Crippen LogP contribution in [0.15, 0.2) is 0 Å². The lowest BCUT2D eigenvalue weighted by Gasteiger charge is -2.37. The van der Waals surface area contributed by atoms with Gasteiger partial charge in [0.1, 0.15) is 0 Å². The van der Waals surface area contributed by atoms with Gasteiger partial charge in [0.15, 0.2) is 0 Å². The Hall–Kier alpha value is -0.610. The normalized spacial score (nSPS) is 17.9. The van der Waals surface area contributed by atoms with E-state index in [9.17, 15) is 4.79 Å². The van der Waals surface area contributed by atoms with Crippen molar-refractivity contribution in [3.05, 3.63) is 0 Å². The van der Waals surface area contributed by atoms with E-state index in [2.05, 4.69) is 6.92 Å². The number of ether oxygens (including phenoxy) is 1. The van der Waals surface area contributed by atoms with Gasteiger partial charge in [0.2, 0.25) is 5.91 Å². The van der Waals surface area contributed by atoms with Gasteiger partial charge in [0, 0.05) is 26.6 Å². The van der Waals surface area contributed by atoms with Crippen molar-refractivity contribution in [1.29, 1.82) is 0 Å². The number of rotatable bonds is 9. The number of carbonyl (C=O) groups is 1. The Bertz CT molecular complexity index is 268. The van der Waals surface area contributed by atoms with Gasteiger partial charge < -0.3 is 15.4 Å². The van der Waals surface area contributed by atoms with Crippen LogP contribution < -0.4 is 5.73 Å². The summed E-state index contributed by atoms with van der Waals surface area (Å²) in [5.74, 6) is 0.267. The minimum atomic E-state index is 0.0624. The third-order valence-corrected chi connectivity index (χ3v) is 4.57. The van der Waals surface area contributed by atoms with Crippen LogP contribution in [0.2, 0.25) is 0 Å². The fraction of sp³-hybridized carbons (Fsp3) is 0.938. The molecule has 20 heavy (non-hydrogen) atoms. The highest BCUT2D eigenvalue weighted by Gasteiger charge is 2.34. The summed E-state index contributed by atoms with van der Waals surface area (Å²) in [5.41, 5.74) is 6.05. The molecular weight excluding hydrogens is 252 g/mol. The van der Waals surface area contributed by atoms with Gasteiger partial charge in [-0.05, 0) is 31.2 Å². The maximum atomic E-state index is 12.6. The van der Waals surface area contributed by atoms with Gasteiger partial charge in [0.25, 0.3) is 0 Å². The average molecular weight is 284 g/mol. The Balaban J connectivity index is 2.57. The minimum absolute atomic E-state index is 0.0624. The van der Waals surface area contributed by atoms with Crippen LogP contribution >= 0.6 is 0 Å². The largest absolute Gasteiger partial charge is 0.383 e. The molecule has 0 aromatic rings. The molecule has 0 saturated heterocycles. The topological polar surface area (TPSA) is 55.6 Å². The molecule has 0 unspecified atom stereocenters. The number of carbonyl (C=O) groups excluding carboxylic acids is 1. The summed E-state index contributed by atoms with van der Waals surface area (Å²) in [6.07, 6.45) is 8.75. The second-order valence-corrected chi connectivity index (χ2v) is 6.17. The molecule has 0 aromatic carbocycles. The number of methoxy groups -OCH3 is 1. The monoisotopic (exact) mass is 284 g/mol. The zero-order chi connectivity index (χ0) is 14.8. The minimum Gasteiger partial charge on any atom is -0.383 e. The summed E-state index contributed by atoms with van der Waals surface area (Å²) in [4.78, 5) is 14.6. The molecule has 0 aliphatic heterocycles. The van der Waals surface area contributed by atoms with E-state index >= 15 is 0 Å². The van der Waals surface area contributed by atoms with Crippen LogP contribution in [0.25, 0.3) is 0 Å². The van der Waals surface area contributed by atoms with Crippen molar-refractivity contribution in [1.82, 2.24) is 4.90 Å². The Morgan fingerprint density at radius 2 is 1.95 bits per heavy atom. The number of nitrogens with two attached hydrogens (primary N) is 1. The molecule has 118 valence electrons. The number of amides is 1. The van der Waals surface area contributed by atoms with Crippen LogP contribution in [0.5, 0.6) is 0 Å². The van der Waals surface area contributed by atoms with Crippen molar-refractivity contribution in [2.45, 2.75) is 58.3 Å². The van der Waals surface area contributed by atoms with Gasteiger partial charge >= 0.3 is 0 Å². The smallest absolute Gasteiger partial charge is 0.223 e. The summed E-state index contributed by atoms with van der Waals surface area (Å²) < 4.78 is 5.13. The first-order valence-corrected chi connectivity index (χ1v) is 8.14. The molecule has 0 spiro atoms. The molecule has 1 aliphatic rings. The predicted octanol–water partition coefficient (Wildman–Crippen LogP) is 2.56. The molecule has 1 saturated carbocycles. The number of hydrogen-bond acceptors (Lipinski definition) is 3. The standard InChI is InChI=1S/C16H32N2O2/c1-3-4-10-18(11-12-20-2)15(19)13-16(14-17)8-6-5-7-9-16/h3-14,17H2,1-2H3. The maximum Gasteiger partial charge on any atom is 0.223 e. The first kappa shape index (κ1) is 17.4. The average Bonchev–Trinajstić information content (AvgIpc) is 2.48. The third kappa shape index (κ3) is 5.41. The fourth-order valence-corrected chi connectivity index (χ4v) is 3.10. The first-order chi connectivity index (χ1) is 9.67. The van der Waals surface area contributed by atoms with Crippen molar-refractivity contribution in [2.24, 2.45) is 11.1 Å². The summed E-state index contributed by atoms with van der Waals surface area (Å²) in [7, 11) is 1.69. The fourth-order valence-electron chi connectivity index (χ4n) is 3.10. The molecule has 4 heteroatoms. The van der Waals surface area contributed by atoms with Crippen LogP contribution in [-0.2, 0) is 9.53 Å². The van der Waals surface area contributed by atoms with E-state index in [-0.39, 0.29) is 11.3 Å². The first-order valence-electron chi connectivity index (χ1n) is 8.14. The summed E-state index contributed by atoms with van der Waals surface area (Å²) in [6, 6.07) is 0. The molecule has 1 amide bonds. The lowest BCUT2D eigenvalue weighted by Crippen LogP contribution is -2.42. The molecule has 0 bridgehead atoms. The molecule has 1 rings (SSSR count). The molecule has 0 aromatic heterocycles. The molecule has 0 atom stereocenters. The Labute approximate surface area is 124 Å². The van der Waals surface area contributed by atoms with Crippen LogP contribution in [0.4, 0.5) is 0 Å². The van der Waals surface area contributed by atoms with Crippen molar-refractivity contribution in [3.8, 4) is 0 Å². The van der Waals surface area contributed by atoms with E-state index in [0.29, 0.717) is 26.1 Å². The number of nitrogens with zero attached hydrogens (tertiary/aromatic N) is 1. The Morgan fingerprint density at radius 3 is 2.50 bits per heavy atom. The lowest BCUT2D eigenvalue weighted by atomic mass is 9.71. The van der Waals surface area contributed by atoms with Crippen LogP contribution in [0, 0.1) is 5.41 Å². The lowest BCUT2D eigenvalue weighted by molar-refractivity contribution is -0.135. The predicted molar refractivity (Wildman–Crippen MR) is 82.6 cm³/mol. The van der Waals surface area contributed by atoms with Gasteiger partial charge in [-0.1, -0.05) is 32.6 Å². The highest BCUT2D eigenvalue weighted by Crippen LogP contribution is 2.38. The van der Waals surface area contributed by atoms with Gasteiger partial charge in [-0.15, -0.1) is 0 Å². The van der Waals surface area contributed by atoms with E-state index in [4.69, 9.17) is 10.5 Å². The molecule has 4 nitrogen and oxygen atoms in total. The van der Waals surface area contributed by atoms with E-state index < -0.39 is 0 Å². The van der Waals surface area contributed by atoms with Gasteiger partial charge in [-0.25, -0.2) is 0 Å². The molecule has 1 aliphatic carbocycles. The zero-order valence-corrected chi connectivity index (χ0v) is 13.3. The summed E-state index contributed by atoms with van der Waals surface area (Å²) in [6.45, 7) is 4.96. The summed E-state index contributed by atoms with van der Waals surface area (Å²) in [5, 5.41) is 0. The van der Waals surface area contributed by atoms with Gasteiger partial charge in [0.05, 0.1) is 6.61 Å².